The maximum Gasteiger partial charge on any atom is 0.350 e. The van der Waals surface area contributed by atoms with Gasteiger partial charge in [-0.15, -0.1) is 0 Å². The summed E-state index contributed by atoms with van der Waals surface area (Å²) in [7, 11) is 8.64. The molecule has 1 saturated heterocycles. The standard InChI is InChI=1S/C44H59ClN2O11/c1-46(15-12-33-25-34(29-48)35(30-49)26-36(33)38(46)22-31-8-10-39(52-2)41(23-31)54-4)13-6-19-58-44(51)37(45)27-43(50)57-18-7-14-47(16-20-56-21-17-47)28-32-9-11-40(53-3)42(24-32)55-5/h8-11,23-27,38,48-49H,6-7,12-22,28-30H2,1-5H3/q+2/b37-27-/t38-,46-/m1/s1. The van der Waals surface area contributed by atoms with Crippen molar-refractivity contribution in [1.82, 2.24) is 0 Å². The quantitative estimate of drug-likeness (QED) is 0.0687. The fraction of sp³-hybridized carbons (Fsp3) is 0.500. The fourth-order valence-corrected chi connectivity index (χ4v) is 8.41. The van der Waals surface area contributed by atoms with Crippen molar-refractivity contribution >= 4 is 23.5 Å². The summed E-state index contributed by atoms with van der Waals surface area (Å²) in [5.41, 5.74) is 5.87. The van der Waals surface area contributed by atoms with Gasteiger partial charge < -0.3 is 52.3 Å². The number of benzene rings is 3. The lowest BCUT2D eigenvalue weighted by Gasteiger charge is -2.46. The van der Waals surface area contributed by atoms with Crippen LogP contribution in [0.25, 0.3) is 0 Å². The minimum atomic E-state index is -0.788. The lowest BCUT2D eigenvalue weighted by molar-refractivity contribution is -0.947. The molecule has 0 aliphatic carbocycles. The molecule has 2 heterocycles. The molecule has 2 aliphatic rings. The second-order valence-corrected chi connectivity index (χ2v) is 15.6. The molecule has 0 saturated carbocycles. The second-order valence-electron chi connectivity index (χ2n) is 15.2. The number of halogens is 1. The van der Waals surface area contributed by atoms with Crippen LogP contribution in [0.1, 0.15) is 52.3 Å². The van der Waals surface area contributed by atoms with Crippen molar-refractivity contribution in [3.63, 3.8) is 0 Å². The molecule has 0 unspecified atom stereocenters. The van der Waals surface area contributed by atoms with Gasteiger partial charge in [-0.05, 0) is 58.7 Å². The van der Waals surface area contributed by atoms with Crippen molar-refractivity contribution < 1.29 is 61.9 Å². The van der Waals surface area contributed by atoms with Crippen molar-refractivity contribution in [1.29, 1.82) is 0 Å². The molecule has 2 N–H and O–H groups in total. The molecular formula is C44H59ClN2O11+2. The van der Waals surface area contributed by atoms with Gasteiger partial charge in [0.15, 0.2) is 23.0 Å². The van der Waals surface area contributed by atoms with Gasteiger partial charge in [-0.2, -0.15) is 0 Å². The summed E-state index contributed by atoms with van der Waals surface area (Å²) in [4.78, 5) is 25.5. The first-order valence-electron chi connectivity index (χ1n) is 19.8. The van der Waals surface area contributed by atoms with Crippen LogP contribution >= 0.6 is 11.6 Å². The minimum absolute atomic E-state index is 0.0000604. The van der Waals surface area contributed by atoms with E-state index in [1.165, 1.54) is 0 Å². The topological polar surface area (TPSA) is 139 Å². The molecule has 2 aliphatic heterocycles. The number of morpholine rings is 1. The SMILES string of the molecule is COc1ccc(C[C@@H]2c3cc(CO)c(CO)cc3CC[N@@+]2(C)CCCOC(=O)/C(Cl)=C/C(=O)OCCC[N+]2(Cc3ccc(OC)c(OC)c3)CCOCC2)cc1OC. The highest BCUT2D eigenvalue weighted by molar-refractivity contribution is 6.42. The zero-order valence-electron chi connectivity index (χ0n) is 34.4. The number of hydrogen-bond donors (Lipinski definition) is 2. The van der Waals surface area contributed by atoms with Gasteiger partial charge in [-0.1, -0.05) is 23.7 Å². The Morgan fingerprint density at radius 3 is 2.00 bits per heavy atom. The van der Waals surface area contributed by atoms with E-state index in [-0.39, 0.29) is 37.5 Å². The molecule has 2 atom stereocenters. The Bertz CT molecular complexity index is 1900. The van der Waals surface area contributed by atoms with Crippen molar-refractivity contribution in [2.75, 3.05) is 94.6 Å². The number of nitrogens with zero attached hydrogens (tertiary/aromatic N) is 2. The summed E-state index contributed by atoms with van der Waals surface area (Å²) in [6, 6.07) is 15.9. The van der Waals surface area contributed by atoms with Crippen LogP contribution in [0.4, 0.5) is 0 Å². The van der Waals surface area contributed by atoms with Crippen molar-refractivity contribution in [2.24, 2.45) is 0 Å². The van der Waals surface area contributed by atoms with Gasteiger partial charge in [0.25, 0.3) is 0 Å². The Morgan fingerprint density at radius 1 is 0.776 bits per heavy atom. The number of methoxy groups -OCH3 is 4. The summed E-state index contributed by atoms with van der Waals surface area (Å²) in [6.45, 7) is 5.98. The number of carbonyl (C=O) groups is 2. The molecule has 3 aromatic rings. The van der Waals surface area contributed by atoms with Crippen LogP contribution in [0.2, 0.25) is 0 Å². The van der Waals surface area contributed by atoms with Crippen molar-refractivity contribution in [2.45, 2.75) is 51.5 Å². The normalized spacial score (nSPS) is 18.8. The van der Waals surface area contributed by atoms with E-state index in [0.29, 0.717) is 72.1 Å². The molecule has 3 aromatic carbocycles. The van der Waals surface area contributed by atoms with Gasteiger partial charge in [-0.25, -0.2) is 9.59 Å². The number of carbonyl (C=O) groups excluding carboxylic acids is 2. The average molecular weight is 827 g/mol. The van der Waals surface area contributed by atoms with Crippen LogP contribution in [0, 0.1) is 0 Å². The largest absolute Gasteiger partial charge is 0.493 e. The van der Waals surface area contributed by atoms with Gasteiger partial charge in [0, 0.05) is 42.9 Å². The number of quaternary nitrogens is 2. The first-order chi connectivity index (χ1) is 28.0. The van der Waals surface area contributed by atoms with Gasteiger partial charge >= 0.3 is 11.9 Å². The molecular weight excluding hydrogens is 768 g/mol. The zero-order valence-corrected chi connectivity index (χ0v) is 35.2. The fourth-order valence-electron chi connectivity index (χ4n) is 8.27. The number of aliphatic hydroxyl groups excluding tert-OH is 2. The van der Waals surface area contributed by atoms with E-state index in [0.717, 1.165) is 77.5 Å². The van der Waals surface area contributed by atoms with Crippen molar-refractivity contribution in [3.8, 4) is 23.0 Å². The molecule has 14 heteroatoms. The molecule has 58 heavy (non-hydrogen) atoms. The Balaban J connectivity index is 1.15. The number of likely N-dealkylation sites (N-methyl/N-ethyl adjacent to an activating group) is 1. The van der Waals surface area contributed by atoms with Gasteiger partial charge in [0.2, 0.25) is 0 Å². The van der Waals surface area contributed by atoms with E-state index < -0.39 is 11.9 Å². The number of rotatable bonds is 20. The third-order valence-electron chi connectivity index (χ3n) is 11.6. The second kappa shape index (κ2) is 21.1. The Labute approximate surface area is 346 Å². The highest BCUT2D eigenvalue weighted by Crippen LogP contribution is 2.40. The van der Waals surface area contributed by atoms with E-state index >= 15 is 0 Å². The molecule has 1 fully saturated rings. The number of aliphatic hydroxyl groups is 2. The molecule has 0 amide bonds. The lowest BCUT2D eigenvalue weighted by Crippen LogP contribution is -2.55. The molecule has 0 bridgehead atoms. The Morgan fingerprint density at radius 2 is 1.36 bits per heavy atom. The zero-order chi connectivity index (χ0) is 41.7. The van der Waals surface area contributed by atoms with Gasteiger partial charge in [0.1, 0.15) is 30.7 Å². The monoisotopic (exact) mass is 826 g/mol. The smallest absolute Gasteiger partial charge is 0.350 e. The summed E-state index contributed by atoms with van der Waals surface area (Å²) >= 11 is 6.23. The molecule has 0 radical (unpaired) electrons. The van der Waals surface area contributed by atoms with Crippen LogP contribution in [0.15, 0.2) is 59.6 Å². The molecule has 5 rings (SSSR count). The van der Waals surface area contributed by atoms with Crippen LogP contribution in [0.3, 0.4) is 0 Å². The van der Waals surface area contributed by atoms with Gasteiger partial charge in [-0.3, -0.25) is 0 Å². The first-order valence-corrected chi connectivity index (χ1v) is 20.1. The Kier molecular flexibility index (Phi) is 16.2. The van der Waals surface area contributed by atoms with Crippen LogP contribution in [-0.4, -0.2) is 126 Å². The van der Waals surface area contributed by atoms with E-state index in [1.54, 1.807) is 28.4 Å². The third-order valence-corrected chi connectivity index (χ3v) is 11.8. The molecule has 0 aromatic heterocycles. The van der Waals surface area contributed by atoms with E-state index in [9.17, 15) is 19.8 Å². The maximum atomic E-state index is 12.8. The average Bonchev–Trinajstić information content (AvgIpc) is 3.24. The highest BCUT2D eigenvalue weighted by atomic mass is 35.5. The third kappa shape index (κ3) is 11.2. The number of hydrogen-bond acceptors (Lipinski definition) is 11. The van der Waals surface area contributed by atoms with Crippen LogP contribution in [0.5, 0.6) is 23.0 Å². The summed E-state index contributed by atoms with van der Waals surface area (Å²) in [5.74, 6) is 1.15. The summed E-state index contributed by atoms with van der Waals surface area (Å²) < 4.78 is 40.0. The van der Waals surface area contributed by atoms with E-state index in [4.69, 9.17) is 44.8 Å². The number of fused-ring (bicyclic) bond motifs is 1. The van der Waals surface area contributed by atoms with E-state index in [1.807, 2.05) is 48.5 Å². The van der Waals surface area contributed by atoms with E-state index in [2.05, 4.69) is 7.05 Å². The minimum Gasteiger partial charge on any atom is -0.493 e. The molecule has 316 valence electrons. The predicted molar refractivity (Wildman–Crippen MR) is 218 cm³/mol. The number of esters is 2. The highest BCUT2D eigenvalue weighted by Gasteiger charge is 2.39. The Hall–Kier alpha value is -4.37. The molecule has 13 nitrogen and oxygen atoms in total. The summed E-state index contributed by atoms with van der Waals surface area (Å²) in [5, 5.41) is 19.8. The summed E-state index contributed by atoms with van der Waals surface area (Å²) in [6.07, 6.45) is 3.60. The van der Waals surface area contributed by atoms with Crippen LogP contribution in [-0.2, 0) is 56.4 Å². The van der Waals surface area contributed by atoms with Gasteiger partial charge in [0.05, 0.1) is 94.8 Å². The predicted octanol–water partition coefficient (Wildman–Crippen LogP) is 5.03. The lowest BCUT2D eigenvalue weighted by atomic mass is 9.84. The van der Waals surface area contributed by atoms with Crippen molar-refractivity contribution in [3.05, 3.63) is 93.0 Å². The van der Waals surface area contributed by atoms with Crippen LogP contribution < -0.4 is 18.9 Å². The maximum absolute atomic E-state index is 12.8. The first kappa shape index (κ1) is 44.7. The molecule has 0 spiro atoms. The number of ether oxygens (including phenoxy) is 7.